The van der Waals surface area contributed by atoms with E-state index in [1.807, 2.05) is 7.05 Å². The lowest BCUT2D eigenvalue weighted by Gasteiger charge is -2.27. The quantitative estimate of drug-likeness (QED) is 0.558. The molecule has 0 radical (unpaired) electrons. The summed E-state index contributed by atoms with van der Waals surface area (Å²) in [6, 6.07) is 1.58. The van der Waals surface area contributed by atoms with Crippen molar-refractivity contribution in [2.24, 2.45) is 10.9 Å². The van der Waals surface area contributed by atoms with Crippen LogP contribution in [0.2, 0.25) is 0 Å². The Morgan fingerprint density at radius 3 is 2.58 bits per heavy atom. The van der Waals surface area contributed by atoms with Gasteiger partial charge in [0, 0.05) is 50.7 Å². The Hall–Kier alpha value is -1.30. The molecule has 2 N–H and O–H groups in total. The predicted molar refractivity (Wildman–Crippen MR) is 106 cm³/mol. The molecule has 0 bridgehead atoms. The third kappa shape index (κ3) is 5.12. The molecule has 3 aliphatic rings. The number of guanidine groups is 1. The van der Waals surface area contributed by atoms with E-state index in [4.69, 9.17) is 0 Å². The monoisotopic (exact) mass is 363 g/mol. The molecule has 1 heterocycles. The van der Waals surface area contributed by atoms with Gasteiger partial charge in [-0.05, 0) is 46.1 Å². The number of hydrogen-bond acceptors (Lipinski definition) is 3. The van der Waals surface area contributed by atoms with Crippen molar-refractivity contribution in [3.8, 4) is 0 Å². The number of rotatable bonds is 6. The van der Waals surface area contributed by atoms with Gasteiger partial charge in [0.05, 0.1) is 0 Å². The van der Waals surface area contributed by atoms with Gasteiger partial charge in [0.25, 0.3) is 0 Å². The van der Waals surface area contributed by atoms with Gasteiger partial charge >= 0.3 is 0 Å². The van der Waals surface area contributed by atoms with Crippen molar-refractivity contribution < 1.29 is 4.79 Å². The fourth-order valence-electron chi connectivity index (χ4n) is 4.30. The molecule has 2 atom stereocenters. The van der Waals surface area contributed by atoms with Crippen LogP contribution in [0.3, 0.4) is 0 Å². The van der Waals surface area contributed by atoms with E-state index in [9.17, 15) is 4.79 Å². The molecule has 0 spiro atoms. The number of nitrogens with one attached hydrogen (secondary N) is 2. The zero-order valence-electron chi connectivity index (χ0n) is 16.8. The molecule has 2 saturated carbocycles. The Morgan fingerprint density at radius 2 is 1.92 bits per heavy atom. The Labute approximate surface area is 158 Å². The van der Waals surface area contributed by atoms with Crippen LogP contribution in [0, 0.1) is 5.92 Å². The number of likely N-dealkylation sites (tertiary alicyclic amines) is 1. The van der Waals surface area contributed by atoms with Gasteiger partial charge in [0.1, 0.15) is 0 Å². The molecular formula is C20H37N5O. The van der Waals surface area contributed by atoms with Gasteiger partial charge in [-0.1, -0.05) is 19.3 Å². The summed E-state index contributed by atoms with van der Waals surface area (Å²) in [5.41, 5.74) is 0. The van der Waals surface area contributed by atoms with Crippen LogP contribution in [0.5, 0.6) is 0 Å². The van der Waals surface area contributed by atoms with Crippen LogP contribution in [0.4, 0.5) is 0 Å². The average Bonchev–Trinajstić information content (AvgIpc) is 3.43. The normalized spacial score (nSPS) is 26.2. The summed E-state index contributed by atoms with van der Waals surface area (Å²) >= 11 is 0. The Kier molecular flexibility index (Phi) is 6.79. The third-order valence-electron chi connectivity index (χ3n) is 6.40. The van der Waals surface area contributed by atoms with E-state index >= 15 is 0 Å². The van der Waals surface area contributed by atoms with Crippen molar-refractivity contribution in [2.45, 2.75) is 76.4 Å². The average molecular weight is 364 g/mol. The molecule has 1 amide bonds. The summed E-state index contributed by atoms with van der Waals surface area (Å²) < 4.78 is 0. The molecule has 2 aliphatic carbocycles. The fourth-order valence-corrected chi connectivity index (χ4v) is 4.30. The van der Waals surface area contributed by atoms with Crippen molar-refractivity contribution in [1.82, 2.24) is 20.4 Å². The van der Waals surface area contributed by atoms with Crippen molar-refractivity contribution >= 4 is 11.9 Å². The summed E-state index contributed by atoms with van der Waals surface area (Å²) in [4.78, 5) is 21.6. The second kappa shape index (κ2) is 9.07. The van der Waals surface area contributed by atoms with Crippen LogP contribution >= 0.6 is 0 Å². The van der Waals surface area contributed by atoms with Crippen LogP contribution in [0.15, 0.2) is 4.99 Å². The standard InChI is InChI=1S/C20H37N5O/c1-15(24(3)18-9-10-18)13-22-20(21-2)23-17-11-12-25(14-17)19(26)16-7-5-4-6-8-16/h15-18H,4-14H2,1-3H3,(H2,21,22,23). The maximum Gasteiger partial charge on any atom is 0.225 e. The van der Waals surface area contributed by atoms with E-state index in [-0.39, 0.29) is 5.92 Å². The number of carbonyl (C=O) groups is 1. The third-order valence-corrected chi connectivity index (χ3v) is 6.40. The number of nitrogens with zero attached hydrogens (tertiary/aromatic N) is 3. The molecule has 0 aromatic heterocycles. The van der Waals surface area contributed by atoms with Crippen LogP contribution in [0.25, 0.3) is 0 Å². The summed E-state index contributed by atoms with van der Waals surface area (Å²) in [5, 5.41) is 6.98. The topological polar surface area (TPSA) is 60.0 Å². The first kappa shape index (κ1) is 19.5. The maximum atomic E-state index is 12.7. The molecule has 3 fully saturated rings. The molecule has 1 aliphatic heterocycles. The van der Waals surface area contributed by atoms with E-state index in [2.05, 4.69) is 39.4 Å². The minimum atomic E-state index is 0.277. The van der Waals surface area contributed by atoms with Crippen molar-refractivity contribution in [1.29, 1.82) is 0 Å². The van der Waals surface area contributed by atoms with Gasteiger partial charge in [-0.15, -0.1) is 0 Å². The molecule has 1 saturated heterocycles. The highest BCUT2D eigenvalue weighted by Crippen LogP contribution is 2.27. The highest BCUT2D eigenvalue weighted by molar-refractivity contribution is 5.81. The number of carbonyl (C=O) groups excluding carboxylic acids is 1. The second-order valence-electron chi connectivity index (χ2n) is 8.45. The van der Waals surface area contributed by atoms with E-state index in [1.165, 1.54) is 32.1 Å². The fraction of sp³-hybridized carbons (Fsp3) is 0.900. The number of likely N-dealkylation sites (N-methyl/N-ethyl adjacent to an activating group) is 1. The Morgan fingerprint density at radius 1 is 1.19 bits per heavy atom. The summed E-state index contributed by atoms with van der Waals surface area (Å²) in [5.74, 6) is 1.52. The van der Waals surface area contributed by atoms with Gasteiger partial charge < -0.3 is 15.5 Å². The van der Waals surface area contributed by atoms with E-state index in [0.29, 0.717) is 18.0 Å². The lowest BCUT2D eigenvalue weighted by Crippen LogP contribution is -2.49. The van der Waals surface area contributed by atoms with Crippen molar-refractivity contribution in [3.63, 3.8) is 0 Å². The molecule has 2 unspecified atom stereocenters. The summed E-state index contributed by atoms with van der Waals surface area (Å²) in [6.07, 6.45) is 9.58. The summed E-state index contributed by atoms with van der Waals surface area (Å²) in [6.45, 7) is 4.85. The van der Waals surface area contributed by atoms with Gasteiger partial charge in [-0.3, -0.25) is 14.7 Å². The number of amides is 1. The molecule has 148 valence electrons. The van der Waals surface area contributed by atoms with Crippen molar-refractivity contribution in [3.05, 3.63) is 0 Å². The molecule has 3 rings (SSSR count). The highest BCUT2D eigenvalue weighted by atomic mass is 16.2. The van der Waals surface area contributed by atoms with Crippen LogP contribution in [-0.4, -0.2) is 73.5 Å². The Balaban J connectivity index is 1.40. The van der Waals surface area contributed by atoms with E-state index in [0.717, 1.165) is 50.9 Å². The van der Waals surface area contributed by atoms with Crippen molar-refractivity contribution in [2.75, 3.05) is 33.7 Å². The first-order valence-electron chi connectivity index (χ1n) is 10.6. The second-order valence-corrected chi connectivity index (χ2v) is 8.45. The predicted octanol–water partition coefficient (Wildman–Crippen LogP) is 1.82. The molecular weight excluding hydrogens is 326 g/mol. The van der Waals surface area contributed by atoms with Gasteiger partial charge in [-0.2, -0.15) is 0 Å². The molecule has 0 aromatic carbocycles. The lowest BCUT2D eigenvalue weighted by molar-refractivity contribution is -0.135. The first-order chi connectivity index (χ1) is 12.6. The van der Waals surface area contributed by atoms with Gasteiger partial charge in [-0.25, -0.2) is 0 Å². The van der Waals surface area contributed by atoms with Crippen LogP contribution in [-0.2, 0) is 4.79 Å². The van der Waals surface area contributed by atoms with Gasteiger partial charge in [0.15, 0.2) is 5.96 Å². The molecule has 6 nitrogen and oxygen atoms in total. The SMILES string of the molecule is CN=C(NCC(C)N(C)C1CC1)NC1CCN(C(=O)C2CCCCC2)C1. The lowest BCUT2D eigenvalue weighted by atomic mass is 9.88. The largest absolute Gasteiger partial charge is 0.355 e. The summed E-state index contributed by atoms with van der Waals surface area (Å²) in [7, 11) is 4.04. The Bertz CT molecular complexity index is 498. The van der Waals surface area contributed by atoms with E-state index in [1.54, 1.807) is 0 Å². The minimum absolute atomic E-state index is 0.277. The number of aliphatic imine (C=N–C) groups is 1. The van der Waals surface area contributed by atoms with E-state index < -0.39 is 0 Å². The first-order valence-corrected chi connectivity index (χ1v) is 10.6. The van der Waals surface area contributed by atoms with Crippen LogP contribution < -0.4 is 10.6 Å². The number of hydrogen-bond donors (Lipinski definition) is 2. The van der Waals surface area contributed by atoms with Gasteiger partial charge in [0.2, 0.25) is 5.91 Å². The maximum absolute atomic E-state index is 12.7. The zero-order valence-corrected chi connectivity index (χ0v) is 16.8. The zero-order chi connectivity index (χ0) is 18.5. The minimum Gasteiger partial charge on any atom is -0.355 e. The smallest absolute Gasteiger partial charge is 0.225 e. The van der Waals surface area contributed by atoms with Crippen LogP contribution in [0.1, 0.15) is 58.3 Å². The molecule has 6 heteroatoms. The molecule has 26 heavy (non-hydrogen) atoms. The molecule has 0 aromatic rings. The highest BCUT2D eigenvalue weighted by Gasteiger charge is 2.32.